The Bertz CT molecular complexity index is 2080. The molecule has 5 heterocycles. The number of aromatic nitrogens is 4. The molecular formula is C32H30Cl3FN8O3. The van der Waals surface area contributed by atoms with Gasteiger partial charge in [0.25, 0.3) is 5.91 Å². The van der Waals surface area contributed by atoms with Crippen molar-refractivity contribution in [3.63, 3.8) is 0 Å². The minimum Gasteiger partial charge on any atom is -0.397 e. The zero-order valence-electron chi connectivity index (χ0n) is 26.1. The largest absolute Gasteiger partial charge is 0.397 e. The molecule has 47 heavy (non-hydrogen) atoms. The summed E-state index contributed by atoms with van der Waals surface area (Å²) in [5, 5.41) is -0.264. The van der Waals surface area contributed by atoms with Gasteiger partial charge in [0.15, 0.2) is 11.5 Å². The van der Waals surface area contributed by atoms with Crippen LogP contribution >= 0.6 is 34.8 Å². The van der Waals surface area contributed by atoms with Gasteiger partial charge >= 0.3 is 5.69 Å². The minimum absolute atomic E-state index is 0.0127. The first-order valence-corrected chi connectivity index (χ1v) is 15.9. The molecule has 2 atom stereocenters. The van der Waals surface area contributed by atoms with Gasteiger partial charge in [0.05, 0.1) is 61.0 Å². The Morgan fingerprint density at radius 2 is 1.85 bits per heavy atom. The Hall–Kier alpha value is -4.26. The first-order chi connectivity index (χ1) is 22.2. The highest BCUT2D eigenvalue weighted by molar-refractivity contribution is 6.40. The third-order valence-corrected chi connectivity index (χ3v) is 9.61. The number of nitrogens with zero attached hydrogens (tertiary/aromatic N) is 7. The highest BCUT2D eigenvalue weighted by Gasteiger charge is 2.45. The van der Waals surface area contributed by atoms with Crippen molar-refractivity contribution in [2.75, 3.05) is 35.7 Å². The van der Waals surface area contributed by atoms with Crippen LogP contribution in [-0.4, -0.2) is 68.5 Å². The SMILES string of the molecule is C=CC(=O)N1CC(C)N2c3nc(=O)n(-c4c(C)ccnc4C(C)C)c4nc(-c5c(N)c(Cl)cc(Cl)c5F)c(Cl)c(c34)N(C)C(=O)C2C1. The fraction of sp³-hybridized carbons (Fsp3) is 0.312. The lowest BCUT2D eigenvalue weighted by molar-refractivity contribution is -0.129. The Kier molecular flexibility index (Phi) is 8.18. The number of nitrogens with two attached hydrogens (primary N) is 1. The highest BCUT2D eigenvalue weighted by Crippen LogP contribution is 2.49. The van der Waals surface area contributed by atoms with Crippen LogP contribution in [-0.2, 0) is 9.59 Å². The molecule has 2 aliphatic heterocycles. The molecule has 0 aliphatic carbocycles. The van der Waals surface area contributed by atoms with Gasteiger partial charge in [-0.1, -0.05) is 55.2 Å². The molecule has 0 saturated carbocycles. The van der Waals surface area contributed by atoms with Crippen LogP contribution in [0.2, 0.25) is 15.1 Å². The van der Waals surface area contributed by atoms with E-state index in [0.29, 0.717) is 16.9 Å². The number of pyridine rings is 2. The number of hydrogen-bond acceptors (Lipinski definition) is 8. The maximum atomic E-state index is 15.9. The molecule has 0 bridgehead atoms. The smallest absolute Gasteiger partial charge is 0.355 e. The maximum Gasteiger partial charge on any atom is 0.355 e. The molecule has 1 aromatic carbocycles. The first kappa shape index (κ1) is 32.7. The van der Waals surface area contributed by atoms with Crippen molar-refractivity contribution < 1.29 is 14.0 Å². The summed E-state index contributed by atoms with van der Waals surface area (Å²) in [5.41, 5.74) is 6.76. The van der Waals surface area contributed by atoms with E-state index in [2.05, 4.69) is 16.5 Å². The quantitative estimate of drug-likeness (QED) is 0.167. The predicted molar refractivity (Wildman–Crippen MR) is 183 cm³/mol. The number of carbonyl (C=O) groups excluding carboxylic acids is 2. The Labute approximate surface area is 284 Å². The molecule has 1 saturated heterocycles. The van der Waals surface area contributed by atoms with Gasteiger partial charge in [-0.3, -0.25) is 14.6 Å². The van der Waals surface area contributed by atoms with Crippen LogP contribution in [0.3, 0.4) is 0 Å². The molecule has 3 aromatic heterocycles. The maximum absolute atomic E-state index is 15.9. The third-order valence-electron chi connectivity index (χ3n) is 8.66. The molecular weight excluding hydrogens is 670 g/mol. The van der Waals surface area contributed by atoms with Crippen LogP contribution in [0.1, 0.15) is 37.9 Å². The number of nitrogen functional groups attached to an aromatic ring is 1. The van der Waals surface area contributed by atoms with Gasteiger partial charge in [-0.05, 0) is 43.5 Å². The van der Waals surface area contributed by atoms with Crippen molar-refractivity contribution >= 4 is 74.8 Å². The van der Waals surface area contributed by atoms with E-state index in [0.717, 1.165) is 0 Å². The molecule has 2 N–H and O–H groups in total. The Balaban J connectivity index is 1.82. The van der Waals surface area contributed by atoms with Gasteiger partial charge in [-0.2, -0.15) is 4.98 Å². The second kappa shape index (κ2) is 11.8. The number of likely N-dealkylation sites (N-methyl/N-ethyl adjacent to an activating group) is 1. The molecule has 2 unspecified atom stereocenters. The fourth-order valence-corrected chi connectivity index (χ4v) is 7.29. The summed E-state index contributed by atoms with van der Waals surface area (Å²) in [6.45, 7) is 11.3. The molecule has 11 nitrogen and oxygen atoms in total. The number of aryl methyl sites for hydroxylation is 1. The second-order valence-electron chi connectivity index (χ2n) is 12.0. The van der Waals surface area contributed by atoms with Crippen molar-refractivity contribution in [1.29, 1.82) is 0 Å². The molecule has 15 heteroatoms. The minimum atomic E-state index is -0.959. The van der Waals surface area contributed by atoms with Gasteiger partial charge in [0.2, 0.25) is 5.91 Å². The first-order valence-electron chi connectivity index (χ1n) is 14.7. The van der Waals surface area contributed by atoms with Gasteiger partial charge < -0.3 is 20.4 Å². The van der Waals surface area contributed by atoms with Crippen molar-refractivity contribution in [3.05, 3.63) is 73.6 Å². The monoisotopic (exact) mass is 698 g/mol. The van der Waals surface area contributed by atoms with Crippen molar-refractivity contribution in [3.8, 4) is 16.9 Å². The topological polar surface area (TPSA) is 131 Å². The third kappa shape index (κ3) is 4.92. The van der Waals surface area contributed by atoms with E-state index in [1.54, 1.807) is 17.2 Å². The van der Waals surface area contributed by atoms with Crippen molar-refractivity contribution in [2.24, 2.45) is 0 Å². The lowest BCUT2D eigenvalue weighted by Crippen LogP contribution is -2.63. The molecule has 0 spiro atoms. The zero-order chi connectivity index (χ0) is 34.2. The van der Waals surface area contributed by atoms with E-state index in [9.17, 15) is 14.4 Å². The predicted octanol–water partition coefficient (Wildman–Crippen LogP) is 5.52. The van der Waals surface area contributed by atoms with E-state index in [4.69, 9.17) is 45.5 Å². The molecule has 244 valence electrons. The fourth-order valence-electron chi connectivity index (χ4n) is 6.47. The lowest BCUT2D eigenvalue weighted by Gasteiger charge is -2.45. The summed E-state index contributed by atoms with van der Waals surface area (Å²) in [6.07, 6.45) is 2.83. The van der Waals surface area contributed by atoms with Crippen LogP contribution < -0.4 is 21.2 Å². The van der Waals surface area contributed by atoms with Crippen LogP contribution in [0.5, 0.6) is 0 Å². The second-order valence-corrected chi connectivity index (χ2v) is 13.1. The zero-order valence-corrected chi connectivity index (χ0v) is 28.4. The number of piperazine rings is 1. The average Bonchev–Trinajstić information content (AvgIpc) is 3.11. The summed E-state index contributed by atoms with van der Waals surface area (Å²) >= 11 is 19.7. The van der Waals surface area contributed by atoms with Crippen LogP contribution in [0.25, 0.3) is 28.0 Å². The molecule has 2 amide bonds. The van der Waals surface area contributed by atoms with E-state index in [-0.39, 0.29) is 79.5 Å². The average molecular weight is 700 g/mol. The normalized spacial score (nSPS) is 17.7. The van der Waals surface area contributed by atoms with Crippen molar-refractivity contribution in [2.45, 2.75) is 45.7 Å². The molecule has 0 radical (unpaired) electrons. The Morgan fingerprint density at radius 3 is 2.51 bits per heavy atom. The number of fused-ring (bicyclic) bond motifs is 2. The van der Waals surface area contributed by atoms with E-state index < -0.39 is 29.5 Å². The van der Waals surface area contributed by atoms with Crippen LogP contribution in [0.4, 0.5) is 21.6 Å². The lowest BCUT2D eigenvalue weighted by atomic mass is 10.0. The molecule has 4 aromatic rings. The van der Waals surface area contributed by atoms with Gasteiger partial charge in [0, 0.05) is 25.8 Å². The number of carbonyl (C=O) groups is 2. The summed E-state index contributed by atoms with van der Waals surface area (Å²) in [4.78, 5) is 59.9. The van der Waals surface area contributed by atoms with Crippen LogP contribution in [0, 0.1) is 12.7 Å². The standard InChI is InChI=1S/C32H30Cl3FN8O3/c1-7-19(45)42-11-15(5)43-18(12-42)31(46)41(6)28-21-29(39-26(22(28)35)20-23(36)16(33)10-17(34)24(20)37)44(32(47)40-30(21)43)27-14(4)8-9-38-25(27)13(2)3/h7-10,13,15,18H,1,11-12,37H2,2-6H3. The van der Waals surface area contributed by atoms with Crippen molar-refractivity contribution in [1.82, 2.24) is 24.4 Å². The summed E-state index contributed by atoms with van der Waals surface area (Å²) in [6, 6.07) is 1.48. The number of benzene rings is 1. The van der Waals surface area contributed by atoms with E-state index in [1.165, 1.54) is 33.6 Å². The number of hydrogen-bond donors (Lipinski definition) is 1. The van der Waals surface area contributed by atoms with Gasteiger partial charge in [-0.25, -0.2) is 18.7 Å². The number of rotatable bonds is 4. The number of amides is 2. The highest BCUT2D eigenvalue weighted by atomic mass is 35.5. The molecule has 2 aliphatic rings. The van der Waals surface area contributed by atoms with E-state index >= 15 is 4.39 Å². The summed E-state index contributed by atoms with van der Waals surface area (Å²) in [7, 11) is 1.51. The van der Waals surface area contributed by atoms with Gasteiger partial charge in [-0.15, -0.1) is 0 Å². The Morgan fingerprint density at radius 1 is 1.15 bits per heavy atom. The summed E-state index contributed by atoms with van der Waals surface area (Å²) < 4.78 is 17.2. The van der Waals surface area contributed by atoms with E-state index in [1.807, 2.05) is 27.7 Å². The van der Waals surface area contributed by atoms with Gasteiger partial charge in [0.1, 0.15) is 11.9 Å². The van der Waals surface area contributed by atoms with Crippen LogP contribution in [0.15, 0.2) is 35.8 Å². The number of anilines is 3. The molecule has 6 rings (SSSR count). The number of halogens is 4. The molecule has 1 fully saturated rings. The summed E-state index contributed by atoms with van der Waals surface area (Å²) in [5.74, 6) is -1.72.